The Balaban J connectivity index is 4.75. The largest absolute Gasteiger partial charge is 0.326 e. The van der Waals surface area contributed by atoms with Gasteiger partial charge in [0.15, 0.2) is 0 Å². The average molecular weight is 387 g/mol. The van der Waals surface area contributed by atoms with Gasteiger partial charge in [-0.25, -0.2) is 9.44 Å². The van der Waals surface area contributed by atoms with Crippen molar-refractivity contribution in [2.75, 3.05) is 0 Å². The van der Waals surface area contributed by atoms with Gasteiger partial charge < -0.3 is 0 Å². The quantitative estimate of drug-likeness (QED) is 0.697. The second-order valence-corrected chi connectivity index (χ2v) is 8.34. The van der Waals surface area contributed by atoms with Gasteiger partial charge in [0.1, 0.15) is 0 Å². The molecule has 0 aliphatic heterocycles. The molecule has 6 nitrogen and oxygen atoms in total. The predicted molar refractivity (Wildman–Crippen MR) is 65.8 cm³/mol. The van der Waals surface area contributed by atoms with Crippen molar-refractivity contribution in [1.29, 1.82) is 0 Å². The monoisotopic (exact) mass is 384 g/mol. The van der Waals surface area contributed by atoms with Gasteiger partial charge in [0, 0.05) is 0 Å². The molecule has 0 aromatic rings. The lowest BCUT2D eigenvalue weighted by atomic mass is 10.7. The molecule has 0 rings (SSSR count). The van der Waals surface area contributed by atoms with Gasteiger partial charge in [0.05, 0.1) is 0 Å². The SMILES string of the molecule is O=C(NS(=O)(=O)NC(=O)C(Cl)(Cl)Cl)C(Cl)(Cl)Cl. The number of rotatable bonds is 2. The van der Waals surface area contributed by atoms with Gasteiger partial charge in [-0.3, -0.25) is 9.59 Å². The van der Waals surface area contributed by atoms with Crippen LogP contribution in [0.1, 0.15) is 0 Å². The minimum Gasteiger partial charge on any atom is -0.269 e. The maximum Gasteiger partial charge on any atom is 0.326 e. The molecule has 0 aliphatic rings. The Morgan fingerprint density at radius 1 is 0.765 bits per heavy atom. The molecule has 0 aromatic carbocycles. The first kappa shape index (κ1) is 17.6. The number of amides is 2. The van der Waals surface area contributed by atoms with Gasteiger partial charge in [0.2, 0.25) is 0 Å². The molecule has 0 unspecified atom stereocenters. The summed E-state index contributed by atoms with van der Waals surface area (Å²) in [5.41, 5.74) is 0. The number of hydrogen-bond acceptors (Lipinski definition) is 4. The summed E-state index contributed by atoms with van der Waals surface area (Å²) >= 11 is 30.5. The summed E-state index contributed by atoms with van der Waals surface area (Å²) in [7, 11) is -4.65. The number of carbonyl (C=O) groups excluding carboxylic acids is 2. The Morgan fingerprint density at radius 3 is 1.18 bits per heavy atom. The lowest BCUT2D eigenvalue weighted by Crippen LogP contribution is -2.49. The average Bonchev–Trinajstić information content (AvgIpc) is 1.97. The first-order valence-corrected chi connectivity index (χ1v) is 7.03. The van der Waals surface area contributed by atoms with E-state index in [1.54, 1.807) is 0 Å². The minimum atomic E-state index is -4.65. The van der Waals surface area contributed by atoms with Crippen molar-refractivity contribution in [1.82, 2.24) is 9.44 Å². The molecule has 0 fully saturated rings. The first-order chi connectivity index (χ1) is 7.26. The van der Waals surface area contributed by atoms with E-state index in [0.717, 1.165) is 0 Å². The highest BCUT2D eigenvalue weighted by Crippen LogP contribution is 2.27. The number of alkyl halides is 6. The summed E-state index contributed by atoms with van der Waals surface area (Å²) in [5.74, 6) is -3.01. The third-order valence-corrected chi connectivity index (χ3v) is 2.91. The Hall–Kier alpha value is 0.630. The van der Waals surface area contributed by atoms with Crippen LogP contribution in [0.3, 0.4) is 0 Å². The van der Waals surface area contributed by atoms with Crippen molar-refractivity contribution < 1.29 is 18.0 Å². The van der Waals surface area contributed by atoms with Gasteiger partial charge in [0.25, 0.3) is 19.4 Å². The summed E-state index contributed by atoms with van der Waals surface area (Å²) < 4.78 is 19.7. The zero-order valence-corrected chi connectivity index (χ0v) is 12.7. The molecule has 0 saturated carbocycles. The Labute approximate surface area is 126 Å². The second kappa shape index (κ2) is 5.73. The molecule has 0 aliphatic carbocycles. The van der Waals surface area contributed by atoms with Crippen LogP contribution in [-0.2, 0) is 19.8 Å². The molecule has 100 valence electrons. The molecular weight excluding hydrogens is 385 g/mol. The number of hydrogen-bond donors (Lipinski definition) is 2. The lowest BCUT2D eigenvalue weighted by Gasteiger charge is -2.14. The Kier molecular flexibility index (Phi) is 5.94. The van der Waals surface area contributed by atoms with E-state index in [9.17, 15) is 18.0 Å². The summed E-state index contributed by atoms with van der Waals surface area (Å²) in [6, 6.07) is 0. The molecule has 0 heterocycles. The topological polar surface area (TPSA) is 92.3 Å². The van der Waals surface area contributed by atoms with E-state index < -0.39 is 29.6 Å². The third-order valence-electron chi connectivity index (χ3n) is 0.969. The van der Waals surface area contributed by atoms with Crippen LogP contribution in [0.2, 0.25) is 0 Å². The van der Waals surface area contributed by atoms with E-state index in [2.05, 4.69) is 0 Å². The van der Waals surface area contributed by atoms with Crippen molar-refractivity contribution in [3.05, 3.63) is 0 Å². The van der Waals surface area contributed by atoms with Gasteiger partial charge in [-0.2, -0.15) is 8.42 Å². The highest BCUT2D eigenvalue weighted by Gasteiger charge is 2.37. The van der Waals surface area contributed by atoms with Crippen LogP contribution >= 0.6 is 69.6 Å². The fourth-order valence-corrected chi connectivity index (χ4v) is 1.85. The van der Waals surface area contributed by atoms with Crippen molar-refractivity contribution in [2.45, 2.75) is 7.59 Å². The predicted octanol–water partition coefficient (Wildman–Crippen LogP) is 1.20. The smallest absolute Gasteiger partial charge is 0.269 e. The molecule has 0 spiro atoms. The van der Waals surface area contributed by atoms with Crippen molar-refractivity contribution in [3.63, 3.8) is 0 Å². The molecule has 2 N–H and O–H groups in total. The number of nitrogens with one attached hydrogen (secondary N) is 2. The summed E-state index contributed by atoms with van der Waals surface area (Å²) in [6.07, 6.45) is 0. The number of carbonyl (C=O) groups is 2. The standard InChI is InChI=1S/C4H2Cl6N2O4S/c5-3(6,7)1(13)11-17(15,16)12-2(14)4(8,9)10/h(H,11,13)(H,12,14). The van der Waals surface area contributed by atoms with Gasteiger partial charge in [-0.15, -0.1) is 0 Å². The molecule has 0 bridgehead atoms. The maximum atomic E-state index is 11.1. The molecule has 17 heavy (non-hydrogen) atoms. The van der Waals surface area contributed by atoms with Crippen LogP contribution in [-0.4, -0.2) is 27.8 Å². The molecule has 2 amide bonds. The Morgan fingerprint density at radius 2 is 1.00 bits per heavy atom. The summed E-state index contributed by atoms with van der Waals surface area (Å²) in [6.45, 7) is 0. The number of halogens is 6. The second-order valence-electron chi connectivity index (χ2n) is 2.36. The summed E-state index contributed by atoms with van der Waals surface area (Å²) in [5, 5.41) is 0. The first-order valence-electron chi connectivity index (χ1n) is 3.28. The van der Waals surface area contributed by atoms with Crippen molar-refractivity contribution >= 4 is 91.6 Å². The Bertz CT molecular complexity index is 388. The fraction of sp³-hybridized carbons (Fsp3) is 0.500. The van der Waals surface area contributed by atoms with Gasteiger partial charge in [-0.05, 0) is 0 Å². The molecule has 0 radical (unpaired) electrons. The van der Waals surface area contributed by atoms with Gasteiger partial charge in [-0.1, -0.05) is 69.6 Å². The van der Waals surface area contributed by atoms with Crippen LogP contribution in [0.25, 0.3) is 0 Å². The highest BCUT2D eigenvalue weighted by atomic mass is 35.6. The van der Waals surface area contributed by atoms with Crippen molar-refractivity contribution in [3.8, 4) is 0 Å². The zero-order valence-electron chi connectivity index (χ0n) is 7.31. The van der Waals surface area contributed by atoms with E-state index in [0.29, 0.717) is 0 Å². The highest BCUT2D eigenvalue weighted by molar-refractivity contribution is 7.88. The van der Waals surface area contributed by atoms with Crippen LogP contribution < -0.4 is 9.44 Å². The van der Waals surface area contributed by atoms with E-state index >= 15 is 0 Å². The van der Waals surface area contributed by atoms with Crippen LogP contribution in [0.5, 0.6) is 0 Å². The fourth-order valence-electron chi connectivity index (χ4n) is 0.385. The molecule has 0 aromatic heterocycles. The molecule has 0 atom stereocenters. The van der Waals surface area contributed by atoms with Gasteiger partial charge >= 0.3 is 10.2 Å². The maximum absolute atomic E-state index is 11.1. The summed E-state index contributed by atoms with van der Waals surface area (Å²) in [4.78, 5) is 22.0. The molecule has 13 heteroatoms. The normalized spacial score (nSPS) is 13.1. The lowest BCUT2D eigenvalue weighted by molar-refractivity contribution is -0.118. The van der Waals surface area contributed by atoms with Crippen molar-refractivity contribution in [2.24, 2.45) is 0 Å². The van der Waals surface area contributed by atoms with E-state index in [-0.39, 0.29) is 0 Å². The zero-order chi connectivity index (χ0) is 14.1. The van der Waals surface area contributed by atoms with Crippen LogP contribution in [0.4, 0.5) is 0 Å². The molecular formula is C4H2Cl6N2O4S. The van der Waals surface area contributed by atoms with E-state index in [4.69, 9.17) is 69.6 Å². The molecule has 0 saturated heterocycles. The minimum absolute atomic E-state index is 1.23. The van der Waals surface area contributed by atoms with E-state index in [1.807, 2.05) is 0 Å². The van der Waals surface area contributed by atoms with Crippen LogP contribution in [0.15, 0.2) is 0 Å². The van der Waals surface area contributed by atoms with E-state index in [1.165, 1.54) is 9.44 Å². The van der Waals surface area contributed by atoms with Crippen LogP contribution in [0, 0.1) is 0 Å². The third kappa shape index (κ3) is 6.95.